The molecule has 6 heteroatoms. The van der Waals surface area contributed by atoms with E-state index in [-0.39, 0.29) is 5.82 Å². The summed E-state index contributed by atoms with van der Waals surface area (Å²) in [6.45, 7) is 1.64. The van der Waals surface area contributed by atoms with Gasteiger partial charge in [-0.15, -0.1) is 0 Å². The van der Waals surface area contributed by atoms with Gasteiger partial charge in [-0.3, -0.25) is 0 Å². The van der Waals surface area contributed by atoms with Crippen molar-refractivity contribution in [3.63, 3.8) is 0 Å². The van der Waals surface area contributed by atoms with Gasteiger partial charge in [0.15, 0.2) is 0 Å². The van der Waals surface area contributed by atoms with Crippen LogP contribution in [0.15, 0.2) is 42.4 Å². The Kier molecular flexibility index (Phi) is 4.36. The first-order valence-corrected chi connectivity index (χ1v) is 9.97. The minimum atomic E-state index is -0.0545. The van der Waals surface area contributed by atoms with E-state index in [1.54, 1.807) is 6.07 Å². The molecule has 28 heavy (non-hydrogen) atoms. The van der Waals surface area contributed by atoms with Crippen LogP contribution in [0.2, 0.25) is 0 Å². The van der Waals surface area contributed by atoms with Crippen molar-refractivity contribution < 1.29 is 4.39 Å². The molecule has 2 aromatic heterocycles. The van der Waals surface area contributed by atoms with E-state index in [0.29, 0.717) is 11.9 Å². The Hall–Kier alpha value is -2.73. The third-order valence-electron chi connectivity index (χ3n) is 6.13. The first-order chi connectivity index (χ1) is 13.7. The smallest absolute Gasteiger partial charge is 0.146 e. The Morgan fingerprint density at radius 3 is 3.00 bits per heavy atom. The van der Waals surface area contributed by atoms with E-state index in [2.05, 4.69) is 32.1 Å². The highest BCUT2D eigenvalue weighted by molar-refractivity contribution is 5.86. The molecular formula is C22H24FN5. The van der Waals surface area contributed by atoms with Gasteiger partial charge in [0.2, 0.25) is 0 Å². The number of nitrogens with zero attached hydrogens (tertiary/aromatic N) is 3. The molecule has 0 bridgehead atoms. The molecule has 2 aliphatic rings. The number of halogens is 1. The van der Waals surface area contributed by atoms with Gasteiger partial charge in [-0.25, -0.2) is 14.4 Å². The highest BCUT2D eigenvalue weighted by Gasteiger charge is 2.21. The third-order valence-corrected chi connectivity index (χ3v) is 6.13. The minimum absolute atomic E-state index is 0.0545. The van der Waals surface area contributed by atoms with Crippen LogP contribution in [-0.4, -0.2) is 21.1 Å². The number of aromatic nitrogens is 3. The van der Waals surface area contributed by atoms with Crippen LogP contribution in [0.1, 0.15) is 42.0 Å². The largest absolute Gasteiger partial charge is 0.383 e. The minimum Gasteiger partial charge on any atom is -0.383 e. The molecule has 1 unspecified atom stereocenters. The highest BCUT2D eigenvalue weighted by Crippen LogP contribution is 2.34. The van der Waals surface area contributed by atoms with Gasteiger partial charge in [0.05, 0.1) is 11.4 Å². The first-order valence-electron chi connectivity index (χ1n) is 9.97. The summed E-state index contributed by atoms with van der Waals surface area (Å²) in [5.74, 6) is 0.474. The van der Waals surface area contributed by atoms with Crippen LogP contribution in [0.25, 0.3) is 11.0 Å². The molecule has 1 atom stereocenters. The molecule has 3 aromatic rings. The lowest BCUT2D eigenvalue weighted by Gasteiger charge is -2.21. The van der Waals surface area contributed by atoms with Crippen molar-refractivity contribution in [3.8, 4) is 0 Å². The average Bonchev–Trinajstić information content (AvgIpc) is 3.35. The van der Waals surface area contributed by atoms with Gasteiger partial charge < -0.3 is 15.6 Å². The normalized spacial score (nSPS) is 19.0. The Morgan fingerprint density at radius 1 is 1.14 bits per heavy atom. The maximum atomic E-state index is 14.1. The molecule has 0 amide bonds. The molecule has 144 valence electrons. The van der Waals surface area contributed by atoms with Gasteiger partial charge in [0, 0.05) is 12.7 Å². The number of rotatable bonds is 4. The molecule has 0 saturated heterocycles. The Balaban J connectivity index is 1.34. The Bertz CT molecular complexity index is 1070. The second-order valence-electron chi connectivity index (χ2n) is 7.74. The summed E-state index contributed by atoms with van der Waals surface area (Å²) >= 11 is 0. The van der Waals surface area contributed by atoms with E-state index in [1.165, 1.54) is 23.0 Å². The lowest BCUT2D eigenvalue weighted by Crippen LogP contribution is -2.25. The van der Waals surface area contributed by atoms with Crippen LogP contribution in [-0.2, 0) is 19.4 Å². The number of aryl methyl sites for hydroxylation is 1. The van der Waals surface area contributed by atoms with Gasteiger partial charge in [0.25, 0.3) is 0 Å². The zero-order chi connectivity index (χ0) is 19.1. The van der Waals surface area contributed by atoms with Crippen molar-refractivity contribution in [2.45, 2.75) is 44.7 Å². The van der Waals surface area contributed by atoms with Crippen molar-refractivity contribution in [3.05, 3.63) is 64.9 Å². The number of benzene rings is 1. The Labute approximate surface area is 163 Å². The van der Waals surface area contributed by atoms with Gasteiger partial charge in [-0.1, -0.05) is 17.7 Å². The predicted molar refractivity (Wildman–Crippen MR) is 108 cm³/mol. The molecule has 0 radical (unpaired) electrons. The summed E-state index contributed by atoms with van der Waals surface area (Å²) in [5.41, 5.74) is 11.7. The van der Waals surface area contributed by atoms with Crippen molar-refractivity contribution in [2.75, 3.05) is 12.3 Å². The number of anilines is 1. The number of nitrogens with one attached hydrogen (secondary N) is 1. The zero-order valence-electron chi connectivity index (χ0n) is 15.8. The average molecular weight is 377 g/mol. The van der Waals surface area contributed by atoms with E-state index in [0.717, 1.165) is 61.8 Å². The number of hydrogen-bond acceptors (Lipinski definition) is 4. The fraction of sp³-hybridized carbons (Fsp3) is 0.364. The number of fused-ring (bicyclic) bond motifs is 2. The van der Waals surface area contributed by atoms with Crippen molar-refractivity contribution in [2.24, 2.45) is 0 Å². The topological polar surface area (TPSA) is 68.8 Å². The number of hydrogen-bond donors (Lipinski definition) is 2. The van der Waals surface area contributed by atoms with Crippen molar-refractivity contribution >= 4 is 16.9 Å². The summed E-state index contributed by atoms with van der Waals surface area (Å²) in [5, 5.41) is 4.29. The van der Waals surface area contributed by atoms with Gasteiger partial charge in [-0.2, -0.15) is 0 Å². The lowest BCUT2D eigenvalue weighted by atomic mass is 9.92. The van der Waals surface area contributed by atoms with E-state index < -0.39 is 0 Å². The Morgan fingerprint density at radius 2 is 2.07 bits per heavy atom. The highest BCUT2D eigenvalue weighted by atomic mass is 19.1. The molecular weight excluding hydrogens is 353 g/mol. The van der Waals surface area contributed by atoms with Gasteiger partial charge in [0.1, 0.15) is 23.6 Å². The van der Waals surface area contributed by atoms with Crippen molar-refractivity contribution in [1.29, 1.82) is 0 Å². The molecule has 0 fully saturated rings. The summed E-state index contributed by atoms with van der Waals surface area (Å²) in [6, 6.07) is 5.91. The molecule has 1 aliphatic carbocycles. The van der Waals surface area contributed by atoms with E-state index in [1.807, 2.05) is 12.1 Å². The summed E-state index contributed by atoms with van der Waals surface area (Å²) < 4.78 is 16.3. The summed E-state index contributed by atoms with van der Waals surface area (Å²) in [6.07, 6.45) is 10.9. The molecule has 5 nitrogen and oxygen atoms in total. The molecule has 0 saturated carbocycles. The number of nitrogens with two attached hydrogens (primary N) is 1. The molecule has 3 N–H and O–H groups in total. The zero-order valence-corrected chi connectivity index (χ0v) is 15.8. The lowest BCUT2D eigenvalue weighted by molar-refractivity contribution is 0.565. The van der Waals surface area contributed by atoms with E-state index in [4.69, 9.17) is 5.73 Å². The quantitative estimate of drug-likeness (QED) is 0.681. The standard InChI is InChI=1S/C22H24FN5/c23-20-6-4-15(19-12-25-9-7-17(19)20)3-1-14-2-5-16(11-14)28-10-8-18-21(24)26-13-27-22(18)28/h4,6,8,10-11,13,16,25H,1-3,5,7,9,12H2,(H2,24,26,27). The van der Waals surface area contributed by atoms with Crippen LogP contribution in [0.4, 0.5) is 10.2 Å². The van der Waals surface area contributed by atoms with Crippen LogP contribution in [0.3, 0.4) is 0 Å². The van der Waals surface area contributed by atoms with Crippen LogP contribution in [0, 0.1) is 5.82 Å². The van der Waals surface area contributed by atoms with E-state index in [9.17, 15) is 4.39 Å². The maximum Gasteiger partial charge on any atom is 0.146 e. The molecule has 1 aromatic carbocycles. The predicted octanol–water partition coefficient (Wildman–Crippen LogP) is 3.69. The number of nitrogen functional groups attached to an aromatic ring is 1. The number of allylic oxidation sites excluding steroid dienone is 2. The molecule has 3 heterocycles. The molecule has 0 spiro atoms. The summed E-state index contributed by atoms with van der Waals surface area (Å²) in [7, 11) is 0. The molecule has 5 rings (SSSR count). The monoisotopic (exact) mass is 377 g/mol. The van der Waals surface area contributed by atoms with Crippen molar-refractivity contribution in [1.82, 2.24) is 19.9 Å². The van der Waals surface area contributed by atoms with Crippen LogP contribution >= 0.6 is 0 Å². The summed E-state index contributed by atoms with van der Waals surface area (Å²) in [4.78, 5) is 8.49. The fourth-order valence-electron chi connectivity index (χ4n) is 4.62. The second kappa shape index (κ2) is 7.02. The van der Waals surface area contributed by atoms with Crippen LogP contribution in [0.5, 0.6) is 0 Å². The van der Waals surface area contributed by atoms with Crippen LogP contribution < -0.4 is 11.1 Å². The third kappa shape index (κ3) is 2.98. The first kappa shape index (κ1) is 17.4. The maximum absolute atomic E-state index is 14.1. The fourth-order valence-corrected chi connectivity index (χ4v) is 4.62. The van der Waals surface area contributed by atoms with Gasteiger partial charge in [-0.05, 0) is 67.5 Å². The van der Waals surface area contributed by atoms with Gasteiger partial charge >= 0.3 is 0 Å². The molecule has 1 aliphatic heterocycles. The SMILES string of the molecule is Nc1ncnc2c1ccn2C1C=C(CCc2ccc(F)c3c2CNCC3)CC1. The second-order valence-corrected chi connectivity index (χ2v) is 7.74. The van der Waals surface area contributed by atoms with E-state index >= 15 is 0 Å².